The van der Waals surface area contributed by atoms with Crippen molar-refractivity contribution in [3.05, 3.63) is 58.1 Å². The highest BCUT2D eigenvalue weighted by Gasteiger charge is 2.21. The highest BCUT2D eigenvalue weighted by molar-refractivity contribution is 7.92. The SMILES string of the molecule is O=C(NCCC(=O)N1CCCCCC1)c1ccc(Cl)c(S(=O)(=O)Nc2ccc(Cl)cc2)c1. The topological polar surface area (TPSA) is 95.6 Å². The first-order chi connectivity index (χ1) is 15.3. The van der Waals surface area contributed by atoms with Crippen molar-refractivity contribution >= 4 is 50.7 Å². The van der Waals surface area contributed by atoms with Crippen LogP contribution in [0, 0.1) is 0 Å². The molecule has 1 saturated heterocycles. The Bertz CT molecular complexity index is 1070. The number of nitrogens with one attached hydrogen (secondary N) is 2. The predicted octanol–water partition coefficient (Wildman–Crippen LogP) is 4.32. The van der Waals surface area contributed by atoms with Gasteiger partial charge in [-0.1, -0.05) is 36.0 Å². The number of sulfonamides is 1. The summed E-state index contributed by atoms with van der Waals surface area (Å²) < 4.78 is 28.0. The zero-order chi connectivity index (χ0) is 23.1. The number of carbonyl (C=O) groups excluding carboxylic acids is 2. The molecular weight excluding hydrogens is 473 g/mol. The van der Waals surface area contributed by atoms with Gasteiger partial charge in [-0.15, -0.1) is 0 Å². The second-order valence-corrected chi connectivity index (χ2v) is 10.1. The number of amides is 2. The molecule has 7 nitrogen and oxygen atoms in total. The van der Waals surface area contributed by atoms with Crippen LogP contribution in [0.25, 0.3) is 0 Å². The Morgan fingerprint density at radius 3 is 2.25 bits per heavy atom. The Morgan fingerprint density at radius 1 is 0.938 bits per heavy atom. The third-order valence-electron chi connectivity index (χ3n) is 5.16. The highest BCUT2D eigenvalue weighted by atomic mass is 35.5. The van der Waals surface area contributed by atoms with Crippen molar-refractivity contribution in [2.75, 3.05) is 24.4 Å². The van der Waals surface area contributed by atoms with Crippen LogP contribution in [0.2, 0.25) is 10.0 Å². The summed E-state index contributed by atoms with van der Waals surface area (Å²) in [5.74, 6) is -0.466. The van der Waals surface area contributed by atoms with Crippen LogP contribution in [-0.4, -0.2) is 44.8 Å². The van der Waals surface area contributed by atoms with Crippen LogP contribution < -0.4 is 10.0 Å². The molecule has 32 heavy (non-hydrogen) atoms. The van der Waals surface area contributed by atoms with Gasteiger partial charge >= 0.3 is 0 Å². The second-order valence-electron chi connectivity index (χ2n) is 7.56. The molecule has 2 aromatic carbocycles. The van der Waals surface area contributed by atoms with Crippen molar-refractivity contribution in [3.63, 3.8) is 0 Å². The Kier molecular flexibility index (Phi) is 8.39. The quantitative estimate of drug-likeness (QED) is 0.595. The van der Waals surface area contributed by atoms with Gasteiger partial charge in [-0.05, 0) is 55.3 Å². The van der Waals surface area contributed by atoms with Gasteiger partial charge in [0.2, 0.25) is 5.91 Å². The maximum atomic E-state index is 12.8. The van der Waals surface area contributed by atoms with E-state index in [-0.39, 0.29) is 34.4 Å². The lowest BCUT2D eigenvalue weighted by Gasteiger charge is -2.20. The minimum atomic E-state index is -4.03. The third-order valence-corrected chi connectivity index (χ3v) is 7.28. The first kappa shape index (κ1) is 24.4. The van der Waals surface area contributed by atoms with Gasteiger partial charge in [0.15, 0.2) is 0 Å². The number of hydrogen-bond donors (Lipinski definition) is 2. The first-order valence-corrected chi connectivity index (χ1v) is 12.6. The molecular formula is C22H25Cl2N3O4S. The Morgan fingerprint density at radius 2 is 1.59 bits per heavy atom. The molecule has 2 aromatic rings. The van der Waals surface area contributed by atoms with E-state index in [2.05, 4.69) is 10.0 Å². The number of nitrogens with zero attached hydrogens (tertiary/aromatic N) is 1. The van der Waals surface area contributed by atoms with Crippen LogP contribution >= 0.6 is 23.2 Å². The minimum absolute atomic E-state index is 0.0127. The van der Waals surface area contributed by atoms with Gasteiger partial charge < -0.3 is 10.2 Å². The van der Waals surface area contributed by atoms with E-state index in [0.717, 1.165) is 38.8 Å². The monoisotopic (exact) mass is 497 g/mol. The number of rotatable bonds is 7. The lowest BCUT2D eigenvalue weighted by Crippen LogP contribution is -2.35. The van der Waals surface area contributed by atoms with E-state index in [1.54, 1.807) is 12.1 Å². The van der Waals surface area contributed by atoms with Gasteiger partial charge in [0.1, 0.15) is 4.90 Å². The molecule has 2 amide bonds. The normalized spacial score (nSPS) is 14.5. The third kappa shape index (κ3) is 6.60. The van der Waals surface area contributed by atoms with Crippen LogP contribution in [0.3, 0.4) is 0 Å². The van der Waals surface area contributed by atoms with Gasteiger partial charge in [-0.25, -0.2) is 8.42 Å². The molecule has 0 aromatic heterocycles. The van der Waals surface area contributed by atoms with Crippen molar-refractivity contribution in [2.45, 2.75) is 37.0 Å². The lowest BCUT2D eigenvalue weighted by atomic mass is 10.2. The molecule has 172 valence electrons. The van der Waals surface area contributed by atoms with E-state index in [1.807, 2.05) is 4.90 Å². The summed E-state index contributed by atoms with van der Waals surface area (Å²) in [5.41, 5.74) is 0.445. The van der Waals surface area contributed by atoms with Crippen molar-refractivity contribution < 1.29 is 18.0 Å². The molecule has 10 heteroatoms. The molecule has 0 atom stereocenters. The number of anilines is 1. The fraction of sp³-hybridized carbons (Fsp3) is 0.364. The van der Waals surface area contributed by atoms with Crippen molar-refractivity contribution in [2.24, 2.45) is 0 Å². The standard InChI is InChI=1S/C22H25Cl2N3O4S/c23-17-6-8-18(9-7-17)26-32(30,31)20-15-16(5-10-19(20)24)22(29)25-12-11-21(28)27-13-3-1-2-4-14-27/h5-10,15,26H,1-4,11-14H2,(H,25,29). The number of benzene rings is 2. The van der Waals surface area contributed by atoms with Gasteiger partial charge in [0, 0.05) is 42.3 Å². The molecule has 0 radical (unpaired) electrons. The van der Waals surface area contributed by atoms with E-state index < -0.39 is 15.9 Å². The summed E-state index contributed by atoms with van der Waals surface area (Å²) in [4.78, 5) is 26.5. The van der Waals surface area contributed by atoms with Crippen molar-refractivity contribution in [1.29, 1.82) is 0 Å². The number of likely N-dealkylation sites (tertiary alicyclic amines) is 1. The summed E-state index contributed by atoms with van der Waals surface area (Å²) in [7, 11) is -4.03. The summed E-state index contributed by atoms with van der Waals surface area (Å²) in [6, 6.07) is 10.2. The van der Waals surface area contributed by atoms with Crippen LogP contribution in [-0.2, 0) is 14.8 Å². The van der Waals surface area contributed by atoms with E-state index in [1.165, 1.54) is 30.3 Å². The summed E-state index contributed by atoms with van der Waals surface area (Å²) in [5, 5.41) is 3.14. The van der Waals surface area contributed by atoms with Gasteiger partial charge in [-0.3, -0.25) is 14.3 Å². The highest BCUT2D eigenvalue weighted by Crippen LogP contribution is 2.25. The number of carbonyl (C=O) groups is 2. The Balaban J connectivity index is 1.63. The molecule has 1 heterocycles. The molecule has 1 aliphatic rings. The fourth-order valence-corrected chi connectivity index (χ4v) is 5.15. The molecule has 3 rings (SSSR count). The summed E-state index contributed by atoms with van der Waals surface area (Å²) >= 11 is 11.9. The molecule has 0 saturated carbocycles. The molecule has 0 spiro atoms. The van der Waals surface area contributed by atoms with E-state index >= 15 is 0 Å². The smallest absolute Gasteiger partial charge is 0.263 e. The molecule has 2 N–H and O–H groups in total. The maximum absolute atomic E-state index is 12.8. The Hall–Kier alpha value is -2.29. The van der Waals surface area contributed by atoms with Gasteiger partial charge in [0.25, 0.3) is 15.9 Å². The first-order valence-electron chi connectivity index (χ1n) is 10.4. The van der Waals surface area contributed by atoms with Crippen molar-refractivity contribution in [1.82, 2.24) is 10.2 Å². The molecule has 0 unspecified atom stereocenters. The zero-order valence-electron chi connectivity index (χ0n) is 17.4. The van der Waals surface area contributed by atoms with Crippen LogP contribution in [0.5, 0.6) is 0 Å². The minimum Gasteiger partial charge on any atom is -0.352 e. The van der Waals surface area contributed by atoms with Crippen molar-refractivity contribution in [3.8, 4) is 0 Å². The van der Waals surface area contributed by atoms with E-state index in [4.69, 9.17) is 23.2 Å². The average molecular weight is 498 g/mol. The molecule has 1 fully saturated rings. The number of hydrogen-bond acceptors (Lipinski definition) is 4. The Labute approximate surface area is 198 Å². The van der Waals surface area contributed by atoms with E-state index in [0.29, 0.717) is 10.7 Å². The number of halogens is 2. The largest absolute Gasteiger partial charge is 0.352 e. The summed E-state index contributed by atoms with van der Waals surface area (Å²) in [6.07, 6.45) is 4.47. The second kappa shape index (κ2) is 11.0. The molecule has 1 aliphatic heterocycles. The molecule has 0 bridgehead atoms. The van der Waals surface area contributed by atoms with Crippen LogP contribution in [0.15, 0.2) is 47.4 Å². The fourth-order valence-electron chi connectivity index (χ4n) is 3.44. The maximum Gasteiger partial charge on any atom is 0.263 e. The summed E-state index contributed by atoms with van der Waals surface area (Å²) in [6.45, 7) is 1.68. The van der Waals surface area contributed by atoms with Gasteiger partial charge in [0.05, 0.1) is 5.02 Å². The zero-order valence-corrected chi connectivity index (χ0v) is 19.8. The van der Waals surface area contributed by atoms with E-state index in [9.17, 15) is 18.0 Å². The average Bonchev–Trinajstić information content (AvgIpc) is 3.05. The van der Waals surface area contributed by atoms with Gasteiger partial charge in [-0.2, -0.15) is 0 Å². The van der Waals surface area contributed by atoms with Crippen LogP contribution in [0.1, 0.15) is 42.5 Å². The van der Waals surface area contributed by atoms with Crippen LogP contribution in [0.4, 0.5) is 5.69 Å². The predicted molar refractivity (Wildman–Crippen MR) is 126 cm³/mol. The molecule has 0 aliphatic carbocycles. The lowest BCUT2D eigenvalue weighted by molar-refractivity contribution is -0.131.